The van der Waals surface area contributed by atoms with E-state index in [0.29, 0.717) is 36.5 Å². The quantitative estimate of drug-likeness (QED) is 0.792. The fraction of sp³-hybridized carbons (Fsp3) is 0.353. The number of halogens is 3. The molecule has 8 heteroatoms. The van der Waals surface area contributed by atoms with Crippen molar-refractivity contribution in [3.05, 3.63) is 42.4 Å². The first kappa shape index (κ1) is 17.2. The monoisotopic (exact) mass is 351 g/mol. The highest BCUT2D eigenvalue weighted by molar-refractivity contribution is 5.70. The van der Waals surface area contributed by atoms with Gasteiger partial charge in [0, 0.05) is 31.4 Å². The molecule has 0 N–H and O–H groups in total. The summed E-state index contributed by atoms with van der Waals surface area (Å²) >= 11 is 0. The predicted octanol–water partition coefficient (Wildman–Crippen LogP) is 3.16. The van der Waals surface area contributed by atoms with Gasteiger partial charge in [0.25, 0.3) is 0 Å². The number of nitrogens with zero attached hydrogens (tertiary/aromatic N) is 3. The van der Waals surface area contributed by atoms with Crippen LogP contribution in [0.15, 0.2) is 36.7 Å². The molecule has 0 atom stereocenters. The molecule has 0 spiro atoms. The molecule has 0 aromatic carbocycles. The van der Waals surface area contributed by atoms with Gasteiger partial charge in [-0.2, -0.15) is 13.2 Å². The normalized spacial score (nSPS) is 15.0. The molecule has 0 aliphatic carbocycles. The molecule has 25 heavy (non-hydrogen) atoms. The molecule has 1 fully saturated rings. The lowest BCUT2D eigenvalue weighted by Gasteiger charge is -2.39. The Kier molecular flexibility index (Phi) is 4.61. The first-order chi connectivity index (χ1) is 11.9. The van der Waals surface area contributed by atoms with Gasteiger partial charge in [-0.1, -0.05) is 0 Å². The molecule has 3 rings (SSSR count). The van der Waals surface area contributed by atoms with Gasteiger partial charge in [-0.15, -0.1) is 0 Å². The van der Waals surface area contributed by atoms with Crippen molar-refractivity contribution in [1.29, 1.82) is 0 Å². The summed E-state index contributed by atoms with van der Waals surface area (Å²) in [6, 6.07) is 5.95. The molecule has 1 aliphatic rings. The summed E-state index contributed by atoms with van der Waals surface area (Å²) in [5.41, 5.74) is 0.136. The van der Waals surface area contributed by atoms with Crippen molar-refractivity contribution < 1.29 is 22.7 Å². The van der Waals surface area contributed by atoms with Gasteiger partial charge in [0.05, 0.1) is 13.5 Å². The van der Waals surface area contributed by atoms with E-state index in [1.807, 2.05) is 4.90 Å². The van der Waals surface area contributed by atoms with E-state index < -0.39 is 11.9 Å². The number of rotatable bonds is 4. The number of esters is 1. The highest BCUT2D eigenvalue weighted by Crippen LogP contribution is 2.32. The van der Waals surface area contributed by atoms with Crippen LogP contribution < -0.4 is 4.90 Å². The molecule has 0 saturated carbocycles. The lowest BCUT2D eigenvalue weighted by Crippen LogP contribution is -2.48. The Hall–Kier alpha value is -2.64. The second-order valence-electron chi connectivity index (χ2n) is 5.88. The maximum atomic E-state index is 12.8. The zero-order chi connectivity index (χ0) is 18.0. The van der Waals surface area contributed by atoms with Gasteiger partial charge in [-0.05, 0) is 35.4 Å². The molecule has 5 nitrogen and oxygen atoms in total. The molecule has 3 heterocycles. The third-order valence-corrected chi connectivity index (χ3v) is 4.09. The van der Waals surface area contributed by atoms with Crippen molar-refractivity contribution >= 4 is 11.8 Å². The average molecular weight is 351 g/mol. The second kappa shape index (κ2) is 6.70. The Labute approximate surface area is 142 Å². The van der Waals surface area contributed by atoms with Gasteiger partial charge >= 0.3 is 12.1 Å². The van der Waals surface area contributed by atoms with Gasteiger partial charge < -0.3 is 9.64 Å². The van der Waals surface area contributed by atoms with E-state index in [-0.39, 0.29) is 11.9 Å². The maximum absolute atomic E-state index is 12.8. The minimum absolute atomic E-state index is 0.204. The molecule has 1 aliphatic heterocycles. The van der Waals surface area contributed by atoms with Crippen molar-refractivity contribution in [2.45, 2.75) is 12.6 Å². The maximum Gasteiger partial charge on any atom is 0.433 e. The van der Waals surface area contributed by atoms with E-state index in [1.165, 1.54) is 13.2 Å². The minimum atomic E-state index is -4.48. The number of hydrogen-bond donors (Lipinski definition) is 0. The number of carbonyl (C=O) groups excluding carboxylic acids is 1. The predicted molar refractivity (Wildman–Crippen MR) is 84.8 cm³/mol. The number of alkyl halides is 3. The topological polar surface area (TPSA) is 55.3 Å². The van der Waals surface area contributed by atoms with Crippen molar-refractivity contribution in [2.75, 3.05) is 25.1 Å². The lowest BCUT2D eigenvalue weighted by molar-refractivity contribution is -0.142. The van der Waals surface area contributed by atoms with Crippen LogP contribution in [0.4, 0.5) is 19.0 Å². The number of carbonyl (C=O) groups is 1. The summed E-state index contributed by atoms with van der Waals surface area (Å²) in [7, 11) is 1.35. The van der Waals surface area contributed by atoms with Crippen LogP contribution >= 0.6 is 0 Å². The van der Waals surface area contributed by atoms with Crippen molar-refractivity contribution in [3.8, 4) is 11.1 Å². The fourth-order valence-electron chi connectivity index (χ4n) is 2.74. The summed E-state index contributed by atoms with van der Waals surface area (Å²) in [6.45, 7) is 1.32. The third-order valence-electron chi connectivity index (χ3n) is 4.09. The van der Waals surface area contributed by atoms with Crippen molar-refractivity contribution in [3.63, 3.8) is 0 Å². The number of anilines is 1. The van der Waals surface area contributed by atoms with Crippen LogP contribution in [-0.4, -0.2) is 36.1 Å². The molecule has 0 radical (unpaired) electrons. The molecule has 0 bridgehead atoms. The largest absolute Gasteiger partial charge is 0.469 e. The Morgan fingerprint density at radius 1 is 1.20 bits per heavy atom. The number of methoxy groups -OCH3 is 1. The minimum Gasteiger partial charge on any atom is -0.469 e. The van der Waals surface area contributed by atoms with Crippen LogP contribution in [0.3, 0.4) is 0 Å². The summed E-state index contributed by atoms with van der Waals surface area (Å²) in [5, 5.41) is 0. The zero-order valence-electron chi connectivity index (χ0n) is 13.5. The average Bonchev–Trinajstić information content (AvgIpc) is 2.57. The van der Waals surface area contributed by atoms with Crippen molar-refractivity contribution in [1.82, 2.24) is 9.97 Å². The summed E-state index contributed by atoms with van der Waals surface area (Å²) in [5.74, 6) is 0.627. The van der Waals surface area contributed by atoms with E-state index in [2.05, 4.69) is 14.7 Å². The number of pyridine rings is 2. The van der Waals surface area contributed by atoms with Crippen molar-refractivity contribution in [2.24, 2.45) is 5.92 Å². The van der Waals surface area contributed by atoms with Gasteiger partial charge in [-0.3, -0.25) is 9.78 Å². The molecular weight excluding hydrogens is 335 g/mol. The molecule has 2 aromatic heterocycles. The summed E-state index contributed by atoms with van der Waals surface area (Å²) in [6.07, 6.45) is -1.42. The first-order valence-electron chi connectivity index (χ1n) is 7.68. The molecular formula is C17H16F3N3O2. The Morgan fingerprint density at radius 3 is 2.48 bits per heavy atom. The smallest absolute Gasteiger partial charge is 0.433 e. The molecule has 132 valence electrons. The van der Waals surface area contributed by atoms with E-state index in [4.69, 9.17) is 0 Å². The van der Waals surface area contributed by atoms with Crippen LogP contribution in [0, 0.1) is 5.92 Å². The van der Waals surface area contributed by atoms with Gasteiger partial charge in [0.2, 0.25) is 0 Å². The molecule has 0 unspecified atom stereocenters. The highest BCUT2D eigenvalue weighted by atomic mass is 19.4. The Morgan fingerprint density at radius 2 is 1.84 bits per heavy atom. The lowest BCUT2D eigenvalue weighted by atomic mass is 9.96. The highest BCUT2D eigenvalue weighted by Gasteiger charge is 2.33. The number of hydrogen-bond acceptors (Lipinski definition) is 5. The SMILES string of the molecule is COC(=O)CC1CN(c2cc(-c3ccnc(C(F)(F)F)c3)ccn2)C1. The van der Waals surface area contributed by atoms with Gasteiger partial charge in [0.1, 0.15) is 11.5 Å². The number of aromatic nitrogens is 2. The van der Waals surface area contributed by atoms with Gasteiger partial charge in [-0.25, -0.2) is 4.98 Å². The van der Waals surface area contributed by atoms with Crippen LogP contribution in [0.2, 0.25) is 0 Å². The zero-order valence-corrected chi connectivity index (χ0v) is 13.5. The molecule has 2 aromatic rings. The van der Waals surface area contributed by atoms with Crippen LogP contribution in [0.5, 0.6) is 0 Å². The third kappa shape index (κ3) is 3.89. The Bertz CT molecular complexity index is 774. The van der Waals surface area contributed by atoms with E-state index in [1.54, 1.807) is 18.3 Å². The van der Waals surface area contributed by atoms with E-state index in [9.17, 15) is 18.0 Å². The summed E-state index contributed by atoms with van der Waals surface area (Å²) < 4.78 is 43.1. The fourth-order valence-corrected chi connectivity index (χ4v) is 2.74. The van der Waals surface area contributed by atoms with Crippen LogP contribution in [-0.2, 0) is 15.7 Å². The van der Waals surface area contributed by atoms with Gasteiger partial charge in [0.15, 0.2) is 0 Å². The first-order valence-corrected chi connectivity index (χ1v) is 7.68. The van der Waals surface area contributed by atoms with E-state index >= 15 is 0 Å². The molecule has 1 saturated heterocycles. The van der Waals surface area contributed by atoms with E-state index in [0.717, 1.165) is 12.3 Å². The van der Waals surface area contributed by atoms with Crippen LogP contribution in [0.1, 0.15) is 12.1 Å². The Balaban J connectivity index is 1.74. The number of ether oxygens (including phenoxy) is 1. The summed E-state index contributed by atoms with van der Waals surface area (Å²) in [4.78, 5) is 20.9. The second-order valence-corrected chi connectivity index (χ2v) is 5.88. The standard InChI is InChI=1S/C17H16F3N3O2/c1-25-16(24)6-11-9-23(10-11)15-8-13(3-5-22-15)12-2-4-21-14(7-12)17(18,19)20/h2-5,7-8,11H,6,9-10H2,1H3. The van der Waals surface area contributed by atoms with Crippen LogP contribution in [0.25, 0.3) is 11.1 Å². The molecule has 0 amide bonds.